The second-order valence-electron chi connectivity index (χ2n) is 7.29. The van der Waals surface area contributed by atoms with Gasteiger partial charge in [0.25, 0.3) is 5.91 Å². The molecule has 5 nitrogen and oxygen atoms in total. The van der Waals surface area contributed by atoms with Crippen molar-refractivity contribution >= 4 is 23.3 Å². The van der Waals surface area contributed by atoms with E-state index in [9.17, 15) is 4.79 Å². The number of aryl methyl sites for hydroxylation is 2. The molecule has 2 aromatic rings. The molecule has 1 saturated heterocycles. The Balaban J connectivity index is 1.45. The highest BCUT2D eigenvalue weighted by molar-refractivity contribution is 6.30. The summed E-state index contributed by atoms with van der Waals surface area (Å²) in [6, 6.07) is 13.5. The van der Waals surface area contributed by atoms with E-state index >= 15 is 0 Å². The van der Waals surface area contributed by atoms with Gasteiger partial charge in [0.1, 0.15) is 0 Å². The minimum absolute atomic E-state index is 0.0736. The number of hydrogen-bond acceptors (Lipinski definition) is 4. The number of aliphatic imine (C=N–C) groups is 1. The molecule has 0 atom stereocenters. The van der Waals surface area contributed by atoms with Gasteiger partial charge in [0, 0.05) is 42.1 Å². The van der Waals surface area contributed by atoms with Gasteiger partial charge in [-0.1, -0.05) is 28.8 Å². The van der Waals surface area contributed by atoms with Gasteiger partial charge in [-0.05, 0) is 50.2 Å². The average molecular weight is 384 g/mol. The molecule has 0 unspecified atom stereocenters. The molecular weight excluding hydrogens is 362 g/mol. The van der Waals surface area contributed by atoms with E-state index in [2.05, 4.69) is 11.5 Å². The lowest BCUT2D eigenvalue weighted by molar-refractivity contribution is -0.0849. The molecule has 0 saturated carbocycles. The van der Waals surface area contributed by atoms with Crippen LogP contribution in [0.3, 0.4) is 0 Å². The van der Waals surface area contributed by atoms with Gasteiger partial charge in [-0.2, -0.15) is 0 Å². The Kier molecular flexibility index (Phi) is 4.66. The first-order valence-corrected chi connectivity index (χ1v) is 9.49. The van der Waals surface area contributed by atoms with Gasteiger partial charge in [0.2, 0.25) is 0 Å². The van der Waals surface area contributed by atoms with Crippen molar-refractivity contribution in [3.05, 3.63) is 69.7 Å². The summed E-state index contributed by atoms with van der Waals surface area (Å²) < 4.78 is 0. The number of amidine groups is 1. The number of nitrogens with zero attached hydrogens (tertiary/aromatic N) is 2. The van der Waals surface area contributed by atoms with Crippen LogP contribution < -0.4 is 5.48 Å². The average Bonchev–Trinajstić information content (AvgIpc) is 3.05. The Hall–Kier alpha value is -2.37. The van der Waals surface area contributed by atoms with E-state index in [4.69, 9.17) is 21.4 Å². The van der Waals surface area contributed by atoms with Crippen LogP contribution in [0.5, 0.6) is 0 Å². The summed E-state index contributed by atoms with van der Waals surface area (Å²) in [7, 11) is 0. The Morgan fingerprint density at radius 2 is 1.74 bits per heavy atom. The van der Waals surface area contributed by atoms with E-state index in [1.54, 1.807) is 0 Å². The molecule has 140 valence electrons. The molecule has 2 heterocycles. The quantitative estimate of drug-likeness (QED) is 0.856. The molecular formula is C21H22ClN3O2. The summed E-state index contributed by atoms with van der Waals surface area (Å²) in [4.78, 5) is 25.3. The van der Waals surface area contributed by atoms with Crippen molar-refractivity contribution in [2.45, 2.75) is 32.4 Å². The number of halogens is 1. The van der Waals surface area contributed by atoms with Crippen molar-refractivity contribution in [1.82, 2.24) is 10.4 Å². The predicted octanol–water partition coefficient (Wildman–Crippen LogP) is 3.87. The molecule has 0 aromatic heterocycles. The highest BCUT2D eigenvalue weighted by atomic mass is 35.5. The van der Waals surface area contributed by atoms with Crippen LogP contribution in [0.4, 0.5) is 0 Å². The number of carbonyl (C=O) groups excluding carboxylic acids is 1. The number of likely N-dealkylation sites (tertiary alicyclic amines) is 1. The zero-order valence-corrected chi connectivity index (χ0v) is 16.2. The Labute approximate surface area is 163 Å². The number of rotatable bonds is 2. The van der Waals surface area contributed by atoms with Crippen LogP contribution in [0.25, 0.3) is 0 Å². The SMILES string of the molecule is Cc1cc(C)cc(C(=O)N2CCC3(CC2)N=C(c2ccc(Cl)cc2)NO3)c1. The van der Waals surface area contributed by atoms with Gasteiger partial charge >= 0.3 is 0 Å². The van der Waals surface area contributed by atoms with E-state index in [-0.39, 0.29) is 5.91 Å². The van der Waals surface area contributed by atoms with Gasteiger partial charge in [-0.25, -0.2) is 15.3 Å². The monoisotopic (exact) mass is 383 g/mol. The van der Waals surface area contributed by atoms with Crippen LogP contribution in [-0.2, 0) is 4.84 Å². The standard InChI is InChI=1S/C21H22ClN3O2/c1-14-11-15(2)13-17(12-14)20(26)25-9-7-21(8-10-25)23-19(24-27-21)16-3-5-18(22)6-4-16/h3-6,11-13H,7-10H2,1-2H3,(H,23,24). The third kappa shape index (κ3) is 3.70. The zero-order valence-electron chi connectivity index (χ0n) is 15.5. The van der Waals surface area contributed by atoms with E-state index < -0.39 is 5.72 Å². The fourth-order valence-electron chi connectivity index (χ4n) is 3.68. The number of benzene rings is 2. The van der Waals surface area contributed by atoms with Crippen molar-refractivity contribution < 1.29 is 9.63 Å². The molecule has 2 aromatic carbocycles. The van der Waals surface area contributed by atoms with Crippen molar-refractivity contribution in [2.75, 3.05) is 13.1 Å². The molecule has 1 fully saturated rings. The summed E-state index contributed by atoms with van der Waals surface area (Å²) in [6.07, 6.45) is 1.32. The number of amides is 1. The van der Waals surface area contributed by atoms with Crippen LogP contribution in [0.1, 0.15) is 39.9 Å². The lowest BCUT2D eigenvalue weighted by Gasteiger charge is -2.35. The molecule has 27 heavy (non-hydrogen) atoms. The van der Waals surface area contributed by atoms with E-state index in [0.717, 1.165) is 22.3 Å². The maximum atomic E-state index is 12.8. The Morgan fingerprint density at radius 3 is 2.37 bits per heavy atom. The topological polar surface area (TPSA) is 53.9 Å². The highest BCUT2D eigenvalue weighted by Crippen LogP contribution is 2.32. The van der Waals surface area contributed by atoms with Gasteiger partial charge in [-0.3, -0.25) is 4.79 Å². The minimum atomic E-state index is -0.603. The zero-order chi connectivity index (χ0) is 19.0. The summed E-state index contributed by atoms with van der Waals surface area (Å²) in [5, 5.41) is 0.686. The first-order chi connectivity index (χ1) is 12.9. The molecule has 2 aliphatic heterocycles. The number of carbonyl (C=O) groups is 1. The molecule has 0 radical (unpaired) electrons. The smallest absolute Gasteiger partial charge is 0.253 e. The number of piperidine rings is 1. The molecule has 1 N–H and O–H groups in total. The largest absolute Gasteiger partial charge is 0.338 e. The van der Waals surface area contributed by atoms with Crippen molar-refractivity contribution in [2.24, 2.45) is 4.99 Å². The molecule has 1 spiro atoms. The fraction of sp³-hybridized carbons (Fsp3) is 0.333. The highest BCUT2D eigenvalue weighted by Gasteiger charge is 2.41. The van der Waals surface area contributed by atoms with Gasteiger partial charge in [0.05, 0.1) is 0 Å². The molecule has 1 amide bonds. The summed E-state index contributed by atoms with van der Waals surface area (Å²) in [5.74, 6) is 0.783. The van der Waals surface area contributed by atoms with Crippen LogP contribution in [0, 0.1) is 13.8 Å². The fourth-order valence-corrected chi connectivity index (χ4v) is 3.80. The van der Waals surface area contributed by atoms with E-state index in [1.165, 1.54) is 0 Å². The maximum Gasteiger partial charge on any atom is 0.253 e. The minimum Gasteiger partial charge on any atom is -0.338 e. The van der Waals surface area contributed by atoms with Gasteiger partial charge in [0.15, 0.2) is 11.6 Å². The first kappa shape index (κ1) is 18.0. The van der Waals surface area contributed by atoms with E-state index in [0.29, 0.717) is 36.8 Å². The molecule has 0 bridgehead atoms. The molecule has 2 aliphatic rings. The van der Waals surface area contributed by atoms with Crippen LogP contribution in [0.2, 0.25) is 5.02 Å². The summed E-state index contributed by atoms with van der Waals surface area (Å²) >= 11 is 5.95. The molecule has 4 rings (SSSR count). The summed E-state index contributed by atoms with van der Waals surface area (Å²) in [6.45, 7) is 5.26. The molecule has 0 aliphatic carbocycles. The third-order valence-electron chi connectivity index (χ3n) is 5.07. The lowest BCUT2D eigenvalue weighted by Crippen LogP contribution is -2.46. The van der Waals surface area contributed by atoms with Gasteiger partial charge < -0.3 is 4.90 Å². The number of nitrogens with one attached hydrogen (secondary N) is 1. The molecule has 6 heteroatoms. The third-order valence-corrected chi connectivity index (χ3v) is 5.32. The second kappa shape index (κ2) is 6.98. The number of hydrogen-bond donors (Lipinski definition) is 1. The second-order valence-corrected chi connectivity index (χ2v) is 7.72. The van der Waals surface area contributed by atoms with E-state index in [1.807, 2.05) is 55.1 Å². The Morgan fingerprint density at radius 1 is 1.11 bits per heavy atom. The van der Waals surface area contributed by atoms with Crippen molar-refractivity contribution in [3.63, 3.8) is 0 Å². The van der Waals surface area contributed by atoms with Crippen LogP contribution >= 0.6 is 11.6 Å². The normalized spacial score (nSPS) is 18.3. The number of hydroxylamine groups is 1. The predicted molar refractivity (Wildman–Crippen MR) is 106 cm³/mol. The maximum absolute atomic E-state index is 12.8. The van der Waals surface area contributed by atoms with Crippen LogP contribution in [0.15, 0.2) is 47.5 Å². The first-order valence-electron chi connectivity index (χ1n) is 9.12. The van der Waals surface area contributed by atoms with Gasteiger partial charge in [-0.15, -0.1) is 0 Å². The Bertz CT molecular complexity index is 880. The summed E-state index contributed by atoms with van der Waals surface area (Å²) in [5.41, 5.74) is 6.24. The van der Waals surface area contributed by atoms with Crippen LogP contribution in [-0.4, -0.2) is 35.5 Å². The lowest BCUT2D eigenvalue weighted by atomic mass is 9.99. The van der Waals surface area contributed by atoms with Crippen molar-refractivity contribution in [3.8, 4) is 0 Å². The van der Waals surface area contributed by atoms with Crippen molar-refractivity contribution in [1.29, 1.82) is 0 Å².